The number of carbonyl (C=O) groups is 1. The predicted molar refractivity (Wildman–Crippen MR) is 230 cm³/mol. The van der Waals surface area contributed by atoms with Crippen molar-refractivity contribution in [1.29, 1.82) is 0 Å². The highest BCUT2D eigenvalue weighted by Gasteiger charge is 2.51. The zero-order valence-electron chi connectivity index (χ0n) is 35.6. The van der Waals surface area contributed by atoms with Crippen LogP contribution in [0.15, 0.2) is 60.8 Å². The standard InChI is InChI=1S/C45H79O12P/c1-3-5-7-9-11-13-15-16-17-18-19-20-21-22-23-25-27-29-31-33-35-54-36-38(56-39(46)34-32-30-28-26-24-14-12-10-8-6-4-2)37-55-58(52,53)57-45-43(50)41(48)40(47)42(49)44(45)51/h5,7,10-13,16-17,19-20,38,40-45,47-51H,3-4,6,8-9,14-15,18,21-37H2,1-2H3,(H,52,53)/b7-5-,12-10-,13-11-,17-16-,20-19-. The van der Waals surface area contributed by atoms with Gasteiger partial charge in [-0.2, -0.15) is 0 Å². The van der Waals surface area contributed by atoms with Crippen molar-refractivity contribution >= 4 is 13.8 Å². The van der Waals surface area contributed by atoms with Crippen LogP contribution in [-0.4, -0.2) is 98.9 Å². The summed E-state index contributed by atoms with van der Waals surface area (Å²) in [6.07, 6.45) is 31.5. The first-order valence-electron chi connectivity index (χ1n) is 22.1. The number of rotatable bonds is 36. The normalized spacial score (nSPS) is 23.2. The highest BCUT2D eigenvalue weighted by molar-refractivity contribution is 7.47. The van der Waals surface area contributed by atoms with Crippen molar-refractivity contribution < 1.29 is 58.3 Å². The van der Waals surface area contributed by atoms with Crippen molar-refractivity contribution in [3.8, 4) is 0 Å². The molecule has 0 aliphatic heterocycles. The van der Waals surface area contributed by atoms with Crippen LogP contribution in [0.4, 0.5) is 0 Å². The molecule has 1 aliphatic carbocycles. The van der Waals surface area contributed by atoms with E-state index < -0.39 is 63.1 Å². The molecule has 0 aromatic heterocycles. The van der Waals surface area contributed by atoms with Crippen LogP contribution in [0.5, 0.6) is 0 Å². The number of aliphatic hydroxyl groups excluding tert-OH is 5. The Morgan fingerprint density at radius 3 is 1.57 bits per heavy atom. The van der Waals surface area contributed by atoms with Gasteiger partial charge in [-0.05, 0) is 70.6 Å². The number of allylic oxidation sites excluding steroid dienone is 10. The Hall–Kier alpha value is -1.96. The van der Waals surface area contributed by atoms with Crippen molar-refractivity contribution in [3.63, 3.8) is 0 Å². The first kappa shape index (κ1) is 54.1. The van der Waals surface area contributed by atoms with Gasteiger partial charge in [-0.25, -0.2) is 4.57 Å². The van der Waals surface area contributed by atoms with Gasteiger partial charge in [-0.3, -0.25) is 13.8 Å². The fourth-order valence-electron chi connectivity index (χ4n) is 6.33. The number of phosphoric ester groups is 1. The Bertz CT molecular complexity index is 1190. The Balaban J connectivity index is 2.40. The van der Waals surface area contributed by atoms with Gasteiger partial charge in [0.2, 0.25) is 0 Å². The lowest BCUT2D eigenvalue weighted by Crippen LogP contribution is -2.64. The summed E-state index contributed by atoms with van der Waals surface area (Å²) in [4.78, 5) is 23.1. The first-order chi connectivity index (χ1) is 28.0. The van der Waals surface area contributed by atoms with Gasteiger partial charge in [0.25, 0.3) is 0 Å². The summed E-state index contributed by atoms with van der Waals surface area (Å²) in [5.41, 5.74) is 0. The van der Waals surface area contributed by atoms with E-state index in [1.54, 1.807) is 0 Å². The summed E-state index contributed by atoms with van der Waals surface area (Å²) < 4.78 is 34.1. The molecule has 12 nitrogen and oxygen atoms in total. The average Bonchev–Trinajstić information content (AvgIpc) is 3.21. The Labute approximate surface area is 349 Å². The van der Waals surface area contributed by atoms with Crippen molar-refractivity contribution in [3.05, 3.63) is 60.8 Å². The smallest absolute Gasteiger partial charge is 0.457 e. The maximum atomic E-state index is 12.8. The molecule has 1 aliphatic rings. The number of esters is 1. The predicted octanol–water partition coefficient (Wildman–Crippen LogP) is 8.64. The summed E-state index contributed by atoms with van der Waals surface area (Å²) in [5.74, 6) is -0.495. The second-order valence-corrected chi connectivity index (χ2v) is 16.6. The molecule has 6 N–H and O–H groups in total. The third kappa shape index (κ3) is 27.7. The minimum atomic E-state index is -5.02. The highest BCUT2D eigenvalue weighted by atomic mass is 31.2. The molecule has 13 heteroatoms. The minimum Gasteiger partial charge on any atom is -0.457 e. The number of hydrogen-bond donors (Lipinski definition) is 6. The molecule has 0 radical (unpaired) electrons. The van der Waals surface area contributed by atoms with Crippen molar-refractivity contribution in [2.45, 2.75) is 198 Å². The molecule has 1 fully saturated rings. The number of unbranched alkanes of at least 4 members (excludes halogenated alkanes) is 14. The van der Waals surface area contributed by atoms with Crippen LogP contribution in [-0.2, 0) is 27.9 Å². The summed E-state index contributed by atoms with van der Waals surface area (Å²) in [6, 6.07) is 0. The summed E-state index contributed by atoms with van der Waals surface area (Å²) in [7, 11) is -5.02. The molecule has 0 spiro atoms. The molecule has 1 rings (SSSR count). The molecule has 1 saturated carbocycles. The number of aliphatic hydroxyl groups is 5. The number of ether oxygens (including phenoxy) is 2. The van der Waals surface area contributed by atoms with E-state index in [-0.39, 0.29) is 13.0 Å². The molecule has 0 saturated heterocycles. The van der Waals surface area contributed by atoms with Crippen LogP contribution in [0.25, 0.3) is 0 Å². The first-order valence-corrected chi connectivity index (χ1v) is 23.6. The number of carbonyl (C=O) groups excluding carboxylic acids is 1. The van der Waals surface area contributed by atoms with Crippen LogP contribution < -0.4 is 0 Å². The van der Waals surface area contributed by atoms with E-state index in [0.29, 0.717) is 13.0 Å². The Morgan fingerprint density at radius 1 is 0.569 bits per heavy atom. The van der Waals surface area contributed by atoms with Gasteiger partial charge >= 0.3 is 13.8 Å². The van der Waals surface area contributed by atoms with Gasteiger partial charge in [0.1, 0.15) is 42.7 Å². The summed E-state index contributed by atoms with van der Waals surface area (Å²) >= 11 is 0. The lowest BCUT2D eigenvalue weighted by Gasteiger charge is -2.41. The quantitative estimate of drug-likeness (QED) is 0.0153. The van der Waals surface area contributed by atoms with Gasteiger partial charge < -0.3 is 39.9 Å². The van der Waals surface area contributed by atoms with E-state index in [1.165, 1.54) is 32.1 Å². The van der Waals surface area contributed by atoms with E-state index in [9.17, 15) is 39.8 Å². The zero-order chi connectivity index (χ0) is 42.7. The summed E-state index contributed by atoms with van der Waals surface area (Å²) in [5, 5.41) is 50.1. The molecule has 0 heterocycles. The molecule has 6 atom stereocenters. The van der Waals surface area contributed by atoms with E-state index >= 15 is 0 Å². The molecule has 6 unspecified atom stereocenters. The van der Waals surface area contributed by atoms with E-state index in [2.05, 4.69) is 74.6 Å². The van der Waals surface area contributed by atoms with Crippen LogP contribution in [0.1, 0.15) is 155 Å². The topological polar surface area (TPSA) is 192 Å². The molecule has 336 valence electrons. The monoisotopic (exact) mass is 843 g/mol. The third-order valence-corrected chi connectivity index (χ3v) is 10.9. The van der Waals surface area contributed by atoms with E-state index in [1.807, 2.05) is 0 Å². The average molecular weight is 843 g/mol. The van der Waals surface area contributed by atoms with Gasteiger partial charge in [0, 0.05) is 13.0 Å². The maximum absolute atomic E-state index is 12.8. The largest absolute Gasteiger partial charge is 0.472 e. The second-order valence-electron chi connectivity index (χ2n) is 15.2. The van der Waals surface area contributed by atoms with Crippen molar-refractivity contribution in [1.82, 2.24) is 0 Å². The molecular weight excluding hydrogens is 763 g/mol. The number of hydrogen-bond acceptors (Lipinski definition) is 11. The Morgan fingerprint density at radius 2 is 1.02 bits per heavy atom. The van der Waals surface area contributed by atoms with Crippen LogP contribution >= 0.6 is 7.82 Å². The fraction of sp³-hybridized carbons (Fsp3) is 0.756. The number of phosphoric acid groups is 1. The van der Waals surface area contributed by atoms with E-state index in [4.69, 9.17) is 18.5 Å². The maximum Gasteiger partial charge on any atom is 0.472 e. The molecule has 58 heavy (non-hydrogen) atoms. The Kier molecular flexibility index (Phi) is 33.3. The minimum absolute atomic E-state index is 0.0902. The highest BCUT2D eigenvalue weighted by Crippen LogP contribution is 2.47. The van der Waals surface area contributed by atoms with Crippen LogP contribution in [0.2, 0.25) is 0 Å². The van der Waals surface area contributed by atoms with Gasteiger partial charge in [-0.1, -0.05) is 139 Å². The van der Waals surface area contributed by atoms with E-state index in [0.717, 1.165) is 96.3 Å². The van der Waals surface area contributed by atoms with Gasteiger partial charge in [0.05, 0.1) is 13.2 Å². The molecule has 0 aromatic rings. The van der Waals surface area contributed by atoms with Gasteiger partial charge in [0.15, 0.2) is 0 Å². The third-order valence-electron chi connectivity index (χ3n) is 9.87. The van der Waals surface area contributed by atoms with Crippen LogP contribution in [0.3, 0.4) is 0 Å². The summed E-state index contributed by atoms with van der Waals surface area (Å²) in [6.45, 7) is 4.05. The van der Waals surface area contributed by atoms with Crippen molar-refractivity contribution in [2.24, 2.45) is 0 Å². The van der Waals surface area contributed by atoms with Gasteiger partial charge in [-0.15, -0.1) is 0 Å². The molecule has 0 amide bonds. The SMILES string of the molecule is CC/C=C\C/C=C\C/C=C\C/C=C\CCCCCCCCCOCC(COP(=O)(O)OC1C(O)C(O)C(O)C(O)C1O)OC(=O)CCCCCCC/C=C\CCCC. The fourth-order valence-corrected chi connectivity index (χ4v) is 7.30. The van der Waals surface area contributed by atoms with Crippen molar-refractivity contribution in [2.75, 3.05) is 19.8 Å². The molecule has 0 bridgehead atoms. The lowest BCUT2D eigenvalue weighted by atomic mass is 9.85. The molecule has 0 aromatic carbocycles. The molecular formula is C45H79O12P. The van der Waals surface area contributed by atoms with Crippen LogP contribution in [0, 0.1) is 0 Å². The second kappa shape index (κ2) is 35.8. The zero-order valence-corrected chi connectivity index (χ0v) is 36.5. The lowest BCUT2D eigenvalue weighted by molar-refractivity contribution is -0.220.